The molecule has 1 aliphatic carbocycles. The number of aliphatic carboxylic acids is 1. The van der Waals surface area contributed by atoms with E-state index in [1.54, 1.807) is 7.11 Å². The lowest BCUT2D eigenvalue weighted by Crippen LogP contribution is -1.87. The van der Waals surface area contributed by atoms with Crippen LogP contribution in [-0.4, -0.2) is 18.2 Å². The molecule has 0 aliphatic heterocycles. The first-order valence-electron chi connectivity index (χ1n) is 5.62. The minimum Gasteiger partial charge on any atom is -0.501 e. The van der Waals surface area contributed by atoms with Crippen molar-refractivity contribution in [1.82, 2.24) is 0 Å². The van der Waals surface area contributed by atoms with Crippen LogP contribution in [0.1, 0.15) is 25.7 Å². The van der Waals surface area contributed by atoms with E-state index in [9.17, 15) is 4.79 Å². The molecule has 1 N–H and O–H groups in total. The Morgan fingerprint density at radius 3 is 2.71 bits per heavy atom. The maximum atomic E-state index is 9.25. The highest BCUT2D eigenvalue weighted by atomic mass is 16.5. The average Bonchev–Trinajstić information content (AvgIpc) is 2.36. The third-order valence-corrected chi connectivity index (χ3v) is 2.12. The molecule has 0 atom stereocenters. The number of hydrogen-bond acceptors (Lipinski definition) is 2. The lowest BCUT2D eigenvalue weighted by atomic mass is 10.1. The number of carboxylic acid groups (broad SMARTS) is 1. The molecule has 0 unspecified atom stereocenters. The quantitative estimate of drug-likeness (QED) is 0.747. The topological polar surface area (TPSA) is 46.5 Å². The van der Waals surface area contributed by atoms with Crippen LogP contribution in [0.25, 0.3) is 0 Å². The van der Waals surface area contributed by atoms with Crippen molar-refractivity contribution < 1.29 is 14.6 Å². The normalized spacial score (nSPS) is 15.0. The molecule has 94 valence electrons. The zero-order valence-corrected chi connectivity index (χ0v) is 10.3. The highest BCUT2D eigenvalue weighted by Gasteiger charge is 1.94. The summed E-state index contributed by atoms with van der Waals surface area (Å²) in [6.07, 6.45) is 16.0. The molecule has 0 fully saturated rings. The van der Waals surface area contributed by atoms with E-state index >= 15 is 0 Å². The Labute approximate surface area is 103 Å². The van der Waals surface area contributed by atoms with Crippen LogP contribution < -0.4 is 0 Å². The fraction of sp³-hybridized carbons (Fsp3) is 0.357. The molecule has 1 rings (SSSR count). The van der Waals surface area contributed by atoms with E-state index in [2.05, 4.69) is 18.7 Å². The first kappa shape index (κ1) is 15.2. The molecule has 3 nitrogen and oxygen atoms in total. The largest absolute Gasteiger partial charge is 0.501 e. The van der Waals surface area contributed by atoms with E-state index in [1.807, 2.05) is 18.2 Å². The fourth-order valence-electron chi connectivity index (χ4n) is 1.22. The van der Waals surface area contributed by atoms with E-state index in [0.717, 1.165) is 18.3 Å². The molecule has 1 aliphatic rings. The van der Waals surface area contributed by atoms with Crippen LogP contribution in [0.5, 0.6) is 0 Å². The van der Waals surface area contributed by atoms with Gasteiger partial charge in [0.1, 0.15) is 0 Å². The maximum absolute atomic E-state index is 9.25. The van der Waals surface area contributed by atoms with Crippen molar-refractivity contribution in [3.05, 3.63) is 48.8 Å². The van der Waals surface area contributed by atoms with Gasteiger partial charge in [-0.1, -0.05) is 30.9 Å². The molecule has 3 heteroatoms. The van der Waals surface area contributed by atoms with Crippen molar-refractivity contribution in [2.24, 2.45) is 0 Å². The molecule has 0 aromatic carbocycles. The van der Waals surface area contributed by atoms with Crippen LogP contribution in [0.4, 0.5) is 0 Å². The Morgan fingerprint density at radius 2 is 2.12 bits per heavy atom. The molecule has 17 heavy (non-hydrogen) atoms. The van der Waals surface area contributed by atoms with Gasteiger partial charge >= 0.3 is 5.97 Å². The predicted octanol–water partition coefficient (Wildman–Crippen LogP) is 3.46. The summed E-state index contributed by atoms with van der Waals surface area (Å²) in [5.41, 5.74) is 0. The zero-order chi connectivity index (χ0) is 12.9. The van der Waals surface area contributed by atoms with Crippen LogP contribution >= 0.6 is 0 Å². The van der Waals surface area contributed by atoms with Crippen LogP contribution in [0.2, 0.25) is 0 Å². The standard InChI is InChI=1S/C11H16O.C3H4O2/c1-12-11-9-7-5-3-2-4-6-8-10-11;1-2-3(4)5/h2-3,5,7,9H,4,6,8,10H2,1H3;2H,1H2,(H,4,5). The van der Waals surface area contributed by atoms with Gasteiger partial charge in [-0.2, -0.15) is 0 Å². The third-order valence-electron chi connectivity index (χ3n) is 2.12. The SMILES string of the molecule is C=CC(=O)O.COC1=CC=CC=CCCCC1. The highest BCUT2D eigenvalue weighted by Crippen LogP contribution is 2.11. The lowest BCUT2D eigenvalue weighted by molar-refractivity contribution is -0.131. The molecule has 0 bridgehead atoms. The van der Waals surface area contributed by atoms with Gasteiger partial charge in [0.15, 0.2) is 0 Å². The van der Waals surface area contributed by atoms with Gasteiger partial charge in [-0.05, 0) is 25.3 Å². The second-order valence-corrected chi connectivity index (χ2v) is 3.44. The Morgan fingerprint density at radius 1 is 1.41 bits per heavy atom. The van der Waals surface area contributed by atoms with Gasteiger partial charge in [-0.15, -0.1) is 0 Å². The molecule has 0 spiro atoms. The van der Waals surface area contributed by atoms with Gasteiger partial charge in [0, 0.05) is 12.5 Å². The van der Waals surface area contributed by atoms with Crippen molar-refractivity contribution in [2.75, 3.05) is 7.11 Å². The number of ether oxygens (including phenoxy) is 1. The van der Waals surface area contributed by atoms with Crippen LogP contribution in [-0.2, 0) is 9.53 Å². The summed E-state index contributed by atoms with van der Waals surface area (Å²) < 4.78 is 5.21. The second kappa shape index (κ2) is 10.7. The average molecular weight is 236 g/mol. The summed E-state index contributed by atoms with van der Waals surface area (Å²) in [5, 5.41) is 7.60. The van der Waals surface area contributed by atoms with Gasteiger partial charge in [-0.3, -0.25) is 0 Å². The second-order valence-electron chi connectivity index (χ2n) is 3.44. The summed E-state index contributed by atoms with van der Waals surface area (Å²) in [7, 11) is 1.74. The molecular formula is C14H20O3. The molecule has 0 amide bonds. The van der Waals surface area contributed by atoms with Gasteiger partial charge in [0.05, 0.1) is 12.9 Å². The molecule has 0 radical (unpaired) electrons. The van der Waals surface area contributed by atoms with E-state index in [1.165, 1.54) is 19.3 Å². The number of hydrogen-bond donors (Lipinski definition) is 1. The zero-order valence-electron chi connectivity index (χ0n) is 10.3. The minimum absolute atomic E-state index is 0.833. The maximum Gasteiger partial charge on any atom is 0.327 e. The number of rotatable bonds is 2. The molecule has 0 heterocycles. The molecule has 0 saturated heterocycles. The van der Waals surface area contributed by atoms with E-state index in [4.69, 9.17) is 9.84 Å². The lowest BCUT2D eigenvalue weighted by Gasteiger charge is -2.04. The molecule has 0 aromatic heterocycles. The van der Waals surface area contributed by atoms with Gasteiger partial charge in [-0.25, -0.2) is 4.79 Å². The smallest absolute Gasteiger partial charge is 0.327 e. The van der Waals surface area contributed by atoms with Crippen molar-refractivity contribution in [3.8, 4) is 0 Å². The third kappa shape index (κ3) is 10.5. The minimum atomic E-state index is -0.981. The van der Waals surface area contributed by atoms with Gasteiger partial charge < -0.3 is 9.84 Å². The monoisotopic (exact) mass is 236 g/mol. The van der Waals surface area contributed by atoms with Crippen molar-refractivity contribution in [2.45, 2.75) is 25.7 Å². The predicted molar refractivity (Wildman–Crippen MR) is 69.7 cm³/mol. The van der Waals surface area contributed by atoms with Crippen LogP contribution in [0.15, 0.2) is 48.8 Å². The summed E-state index contributed by atoms with van der Waals surface area (Å²) in [6.45, 7) is 2.96. The number of carbonyl (C=O) groups is 1. The Balaban J connectivity index is 0.000000437. The summed E-state index contributed by atoms with van der Waals surface area (Å²) in [6, 6.07) is 0. The van der Waals surface area contributed by atoms with Crippen molar-refractivity contribution in [1.29, 1.82) is 0 Å². The van der Waals surface area contributed by atoms with E-state index in [-0.39, 0.29) is 0 Å². The van der Waals surface area contributed by atoms with Crippen LogP contribution in [0.3, 0.4) is 0 Å². The Kier molecular flexibility index (Phi) is 9.62. The Hall–Kier alpha value is -1.77. The molecule has 0 saturated carbocycles. The van der Waals surface area contributed by atoms with Gasteiger partial charge in [0.25, 0.3) is 0 Å². The number of allylic oxidation sites excluding steroid dienone is 6. The summed E-state index contributed by atoms with van der Waals surface area (Å²) >= 11 is 0. The van der Waals surface area contributed by atoms with Crippen LogP contribution in [0, 0.1) is 0 Å². The number of methoxy groups -OCH3 is 1. The fourth-order valence-corrected chi connectivity index (χ4v) is 1.22. The van der Waals surface area contributed by atoms with E-state index < -0.39 is 5.97 Å². The molecule has 0 aromatic rings. The van der Waals surface area contributed by atoms with Crippen molar-refractivity contribution in [3.63, 3.8) is 0 Å². The van der Waals surface area contributed by atoms with Gasteiger partial charge in [0.2, 0.25) is 0 Å². The first-order chi connectivity index (χ1) is 8.20. The van der Waals surface area contributed by atoms with Crippen molar-refractivity contribution >= 4 is 5.97 Å². The number of carboxylic acids is 1. The highest BCUT2D eigenvalue weighted by molar-refractivity contribution is 5.78. The first-order valence-corrected chi connectivity index (χ1v) is 5.62. The molecular weight excluding hydrogens is 216 g/mol. The summed E-state index contributed by atoms with van der Waals surface area (Å²) in [5.74, 6) is 0.103. The van der Waals surface area contributed by atoms with E-state index in [0.29, 0.717) is 0 Å². The Bertz CT molecular complexity index is 311. The summed E-state index contributed by atoms with van der Waals surface area (Å²) in [4.78, 5) is 9.25.